The van der Waals surface area contributed by atoms with Crippen LogP contribution < -0.4 is 9.64 Å². The van der Waals surface area contributed by atoms with Crippen LogP contribution in [0.1, 0.15) is 27.7 Å². The topological polar surface area (TPSA) is 67.4 Å². The highest BCUT2D eigenvalue weighted by Gasteiger charge is 2.30. The van der Waals surface area contributed by atoms with Crippen molar-refractivity contribution in [2.24, 2.45) is 0 Å². The van der Waals surface area contributed by atoms with E-state index in [9.17, 15) is 4.79 Å². The second kappa shape index (κ2) is 9.63. The molecule has 2 saturated heterocycles. The van der Waals surface area contributed by atoms with E-state index in [1.165, 1.54) is 0 Å². The number of aromatic nitrogens is 1. The number of carbonyl (C=O) groups is 1. The van der Waals surface area contributed by atoms with Gasteiger partial charge >= 0.3 is 6.09 Å². The molecule has 0 saturated carbocycles. The van der Waals surface area contributed by atoms with Crippen molar-refractivity contribution in [1.29, 1.82) is 0 Å². The first-order chi connectivity index (χ1) is 13.8. The van der Waals surface area contributed by atoms with Crippen LogP contribution in [0.3, 0.4) is 0 Å². The summed E-state index contributed by atoms with van der Waals surface area (Å²) < 4.78 is 16.8. The molecular weight excluding hydrogens is 372 g/mol. The SMILES string of the molecule is C[C@H]1CN(C(=O)OC(C)(C)C)CCN1c1cc(OCCN2CCOCC2)ccn1. The number of pyridine rings is 1. The molecule has 1 aromatic heterocycles. The third-order valence-electron chi connectivity index (χ3n) is 5.07. The summed E-state index contributed by atoms with van der Waals surface area (Å²) in [5, 5.41) is 0. The molecule has 2 fully saturated rings. The summed E-state index contributed by atoms with van der Waals surface area (Å²) in [5.74, 6) is 1.70. The lowest BCUT2D eigenvalue weighted by Crippen LogP contribution is -2.54. The van der Waals surface area contributed by atoms with Crippen molar-refractivity contribution >= 4 is 11.9 Å². The summed E-state index contributed by atoms with van der Waals surface area (Å²) in [4.78, 5) is 23.2. The van der Waals surface area contributed by atoms with Gasteiger partial charge in [-0.05, 0) is 33.8 Å². The van der Waals surface area contributed by atoms with Gasteiger partial charge in [-0.1, -0.05) is 0 Å². The molecule has 0 aliphatic carbocycles. The molecule has 1 aromatic rings. The van der Waals surface area contributed by atoms with Gasteiger partial charge in [0.25, 0.3) is 0 Å². The number of hydrogen-bond donors (Lipinski definition) is 0. The van der Waals surface area contributed by atoms with Gasteiger partial charge in [-0.2, -0.15) is 0 Å². The van der Waals surface area contributed by atoms with E-state index in [1.807, 2.05) is 32.9 Å². The van der Waals surface area contributed by atoms with Gasteiger partial charge in [-0.25, -0.2) is 9.78 Å². The average molecular weight is 407 g/mol. The number of rotatable bonds is 5. The number of hydrogen-bond acceptors (Lipinski definition) is 7. The zero-order chi connectivity index (χ0) is 20.9. The molecule has 0 spiro atoms. The van der Waals surface area contributed by atoms with Crippen molar-refractivity contribution in [3.63, 3.8) is 0 Å². The summed E-state index contributed by atoms with van der Waals surface area (Å²) in [5.41, 5.74) is -0.480. The molecule has 8 heteroatoms. The van der Waals surface area contributed by atoms with Crippen LogP contribution in [0.2, 0.25) is 0 Å². The predicted octanol–water partition coefficient (Wildman–Crippen LogP) is 2.24. The highest BCUT2D eigenvalue weighted by Crippen LogP contribution is 2.23. The monoisotopic (exact) mass is 406 g/mol. The fourth-order valence-corrected chi connectivity index (χ4v) is 3.55. The lowest BCUT2D eigenvalue weighted by Gasteiger charge is -2.40. The molecule has 2 aliphatic rings. The molecule has 3 heterocycles. The zero-order valence-electron chi connectivity index (χ0n) is 18.1. The van der Waals surface area contributed by atoms with E-state index in [1.54, 1.807) is 11.1 Å². The zero-order valence-corrected chi connectivity index (χ0v) is 18.1. The molecule has 0 N–H and O–H groups in total. The lowest BCUT2D eigenvalue weighted by molar-refractivity contribution is 0.0218. The second-order valence-corrected chi connectivity index (χ2v) is 8.62. The van der Waals surface area contributed by atoms with Crippen LogP contribution in [0.4, 0.5) is 10.6 Å². The molecule has 0 aromatic carbocycles. The standard InChI is InChI=1S/C21H34N4O4/c1-17-16-24(20(26)29-21(2,3)4)7-8-25(17)19-15-18(5-6-22-19)28-14-11-23-9-12-27-13-10-23/h5-6,15,17H,7-14,16H2,1-4H3/t17-/m0/s1. The van der Waals surface area contributed by atoms with Gasteiger partial charge in [0.15, 0.2) is 0 Å². The number of morpholine rings is 1. The third-order valence-corrected chi connectivity index (χ3v) is 5.07. The fourth-order valence-electron chi connectivity index (χ4n) is 3.55. The van der Waals surface area contributed by atoms with Crippen molar-refractivity contribution in [2.45, 2.75) is 39.3 Å². The predicted molar refractivity (Wildman–Crippen MR) is 112 cm³/mol. The largest absolute Gasteiger partial charge is 0.492 e. The van der Waals surface area contributed by atoms with E-state index in [-0.39, 0.29) is 12.1 Å². The molecule has 0 unspecified atom stereocenters. The van der Waals surface area contributed by atoms with Crippen molar-refractivity contribution < 1.29 is 19.0 Å². The summed E-state index contributed by atoms with van der Waals surface area (Å²) in [7, 11) is 0. The fraction of sp³-hybridized carbons (Fsp3) is 0.714. The van der Waals surface area contributed by atoms with Crippen molar-refractivity contribution in [1.82, 2.24) is 14.8 Å². The van der Waals surface area contributed by atoms with E-state index in [0.29, 0.717) is 26.2 Å². The van der Waals surface area contributed by atoms with Crippen LogP contribution in [0.25, 0.3) is 0 Å². The van der Waals surface area contributed by atoms with Crippen molar-refractivity contribution in [2.75, 3.05) is 64.0 Å². The minimum atomic E-state index is -0.480. The van der Waals surface area contributed by atoms with Crippen LogP contribution >= 0.6 is 0 Å². The molecule has 162 valence electrons. The molecule has 3 rings (SSSR count). The Kier molecular flexibility index (Phi) is 7.18. The van der Waals surface area contributed by atoms with Crippen LogP contribution in [0.5, 0.6) is 5.75 Å². The Morgan fingerprint density at radius 1 is 1.24 bits per heavy atom. The Labute approximate surface area is 173 Å². The first kappa shape index (κ1) is 21.6. The van der Waals surface area contributed by atoms with Gasteiger partial charge in [-0.15, -0.1) is 0 Å². The molecule has 2 aliphatic heterocycles. The second-order valence-electron chi connectivity index (χ2n) is 8.62. The minimum absolute atomic E-state index is 0.146. The summed E-state index contributed by atoms with van der Waals surface area (Å²) in [6.45, 7) is 14.8. The Balaban J connectivity index is 1.51. The van der Waals surface area contributed by atoms with E-state index in [2.05, 4.69) is 21.7 Å². The quantitative estimate of drug-likeness (QED) is 0.743. The summed E-state index contributed by atoms with van der Waals surface area (Å²) >= 11 is 0. The van der Waals surface area contributed by atoms with Gasteiger partial charge in [0, 0.05) is 57.6 Å². The summed E-state index contributed by atoms with van der Waals surface area (Å²) in [6.07, 6.45) is 1.53. The normalized spacial score (nSPS) is 21.2. The Hall–Kier alpha value is -2.06. The Morgan fingerprint density at radius 3 is 2.69 bits per heavy atom. The van der Waals surface area contributed by atoms with Gasteiger partial charge in [0.2, 0.25) is 0 Å². The molecular formula is C21H34N4O4. The van der Waals surface area contributed by atoms with Crippen LogP contribution in [0, 0.1) is 0 Å². The van der Waals surface area contributed by atoms with Gasteiger partial charge in [-0.3, -0.25) is 4.90 Å². The van der Waals surface area contributed by atoms with Gasteiger partial charge < -0.3 is 24.0 Å². The van der Waals surface area contributed by atoms with Crippen LogP contribution in [-0.4, -0.2) is 91.6 Å². The highest BCUT2D eigenvalue weighted by atomic mass is 16.6. The molecule has 8 nitrogen and oxygen atoms in total. The lowest BCUT2D eigenvalue weighted by atomic mass is 10.2. The maximum absolute atomic E-state index is 12.3. The van der Waals surface area contributed by atoms with E-state index < -0.39 is 5.60 Å². The highest BCUT2D eigenvalue weighted by molar-refractivity contribution is 5.68. The molecule has 29 heavy (non-hydrogen) atoms. The molecule has 0 radical (unpaired) electrons. The molecule has 1 amide bonds. The Bertz CT molecular complexity index is 673. The van der Waals surface area contributed by atoms with Crippen LogP contribution in [-0.2, 0) is 9.47 Å². The van der Waals surface area contributed by atoms with Crippen molar-refractivity contribution in [3.8, 4) is 5.75 Å². The number of ether oxygens (including phenoxy) is 3. The van der Waals surface area contributed by atoms with E-state index in [0.717, 1.165) is 44.4 Å². The maximum Gasteiger partial charge on any atom is 0.410 e. The van der Waals surface area contributed by atoms with Crippen molar-refractivity contribution in [3.05, 3.63) is 18.3 Å². The number of nitrogens with zero attached hydrogens (tertiary/aromatic N) is 4. The number of piperazine rings is 1. The molecule has 0 bridgehead atoms. The first-order valence-electron chi connectivity index (χ1n) is 10.5. The third kappa shape index (κ3) is 6.47. The molecule has 1 atom stereocenters. The average Bonchev–Trinajstić information content (AvgIpc) is 2.68. The van der Waals surface area contributed by atoms with E-state index >= 15 is 0 Å². The number of anilines is 1. The van der Waals surface area contributed by atoms with Crippen LogP contribution in [0.15, 0.2) is 18.3 Å². The van der Waals surface area contributed by atoms with E-state index in [4.69, 9.17) is 14.2 Å². The van der Waals surface area contributed by atoms with Gasteiger partial charge in [0.05, 0.1) is 13.2 Å². The summed E-state index contributed by atoms with van der Waals surface area (Å²) in [6, 6.07) is 4.02. The maximum atomic E-state index is 12.3. The Morgan fingerprint density at radius 2 is 2.00 bits per heavy atom. The first-order valence-corrected chi connectivity index (χ1v) is 10.5. The number of carbonyl (C=O) groups excluding carboxylic acids is 1. The van der Waals surface area contributed by atoms with Gasteiger partial charge in [0.1, 0.15) is 23.8 Å². The minimum Gasteiger partial charge on any atom is -0.492 e. The smallest absolute Gasteiger partial charge is 0.410 e. The number of amides is 1.